The van der Waals surface area contributed by atoms with E-state index in [4.69, 9.17) is 5.11 Å². The second-order valence-corrected chi connectivity index (χ2v) is 5.30. The Bertz CT molecular complexity index is 451. The molecule has 1 aliphatic rings. The molecular weight excluding hydrogens is 240 g/mol. The van der Waals surface area contributed by atoms with Crippen molar-refractivity contribution >= 4 is 11.7 Å². The molecule has 1 N–H and O–H groups in total. The number of likely N-dealkylation sites (N-methyl/N-ethyl adjacent to an activating group) is 1. The van der Waals surface area contributed by atoms with Gasteiger partial charge in [0.15, 0.2) is 0 Å². The van der Waals surface area contributed by atoms with Crippen LogP contribution >= 0.6 is 0 Å². The summed E-state index contributed by atoms with van der Waals surface area (Å²) in [6.45, 7) is 6.37. The van der Waals surface area contributed by atoms with Crippen LogP contribution in [0.3, 0.4) is 0 Å². The normalized spacial score (nSPS) is 16.6. The number of hydrogen-bond acceptors (Lipinski definition) is 3. The van der Waals surface area contributed by atoms with E-state index in [-0.39, 0.29) is 6.42 Å². The number of carboxylic acids is 1. The Morgan fingerprint density at radius 1 is 1.26 bits per heavy atom. The van der Waals surface area contributed by atoms with Crippen molar-refractivity contribution in [3.63, 3.8) is 0 Å². The van der Waals surface area contributed by atoms with Gasteiger partial charge in [-0.1, -0.05) is 12.1 Å². The predicted octanol–water partition coefficient (Wildman–Crippen LogP) is 1.76. The van der Waals surface area contributed by atoms with E-state index in [1.165, 1.54) is 11.3 Å². The number of aliphatic carboxylic acids is 1. The maximum Gasteiger partial charge on any atom is 0.303 e. The molecule has 0 saturated carbocycles. The topological polar surface area (TPSA) is 43.8 Å². The minimum absolute atomic E-state index is 0.200. The second kappa shape index (κ2) is 6.06. The lowest BCUT2D eigenvalue weighted by molar-refractivity contribution is -0.136. The molecule has 1 heterocycles. The van der Waals surface area contributed by atoms with Gasteiger partial charge in [-0.05, 0) is 37.6 Å². The van der Waals surface area contributed by atoms with Crippen molar-refractivity contribution in [2.75, 3.05) is 38.1 Å². The van der Waals surface area contributed by atoms with Crippen LogP contribution in [0, 0.1) is 6.92 Å². The summed E-state index contributed by atoms with van der Waals surface area (Å²) in [4.78, 5) is 15.4. The van der Waals surface area contributed by atoms with Crippen molar-refractivity contribution in [1.82, 2.24) is 4.90 Å². The third kappa shape index (κ3) is 3.70. The molecule has 1 saturated heterocycles. The summed E-state index contributed by atoms with van der Waals surface area (Å²) in [6, 6.07) is 6.30. The number of piperazine rings is 1. The van der Waals surface area contributed by atoms with Crippen LogP contribution in [-0.2, 0) is 11.2 Å². The number of aryl methyl sites for hydroxylation is 2. The number of rotatable bonds is 4. The number of anilines is 1. The maximum absolute atomic E-state index is 10.6. The number of hydrogen-bond donors (Lipinski definition) is 1. The molecule has 0 spiro atoms. The van der Waals surface area contributed by atoms with Gasteiger partial charge in [-0.3, -0.25) is 4.79 Å². The zero-order valence-electron chi connectivity index (χ0n) is 11.7. The predicted molar refractivity (Wildman–Crippen MR) is 76.8 cm³/mol. The molecule has 0 amide bonds. The monoisotopic (exact) mass is 262 g/mol. The Morgan fingerprint density at radius 2 is 1.95 bits per heavy atom. The molecule has 0 atom stereocenters. The largest absolute Gasteiger partial charge is 0.481 e. The van der Waals surface area contributed by atoms with E-state index in [0.29, 0.717) is 6.42 Å². The Hall–Kier alpha value is -1.55. The van der Waals surface area contributed by atoms with E-state index in [1.807, 2.05) is 6.07 Å². The smallest absolute Gasteiger partial charge is 0.303 e. The van der Waals surface area contributed by atoms with Gasteiger partial charge in [0.25, 0.3) is 0 Å². The molecule has 1 aromatic rings. The van der Waals surface area contributed by atoms with Crippen LogP contribution in [0.15, 0.2) is 18.2 Å². The zero-order valence-corrected chi connectivity index (χ0v) is 11.7. The summed E-state index contributed by atoms with van der Waals surface area (Å²) in [6.07, 6.45) is 0.807. The van der Waals surface area contributed by atoms with Gasteiger partial charge >= 0.3 is 5.97 Å². The van der Waals surface area contributed by atoms with E-state index in [0.717, 1.165) is 31.7 Å². The first-order valence-corrected chi connectivity index (χ1v) is 6.81. The fourth-order valence-electron chi connectivity index (χ4n) is 2.45. The highest BCUT2D eigenvalue weighted by Crippen LogP contribution is 2.23. The Balaban J connectivity index is 2.10. The van der Waals surface area contributed by atoms with Crippen molar-refractivity contribution in [3.05, 3.63) is 29.3 Å². The molecule has 104 valence electrons. The number of carboxylic acid groups (broad SMARTS) is 1. The van der Waals surface area contributed by atoms with Crippen LogP contribution in [0.25, 0.3) is 0 Å². The summed E-state index contributed by atoms with van der Waals surface area (Å²) < 4.78 is 0. The highest BCUT2D eigenvalue weighted by Gasteiger charge is 2.16. The van der Waals surface area contributed by atoms with Crippen LogP contribution in [0.4, 0.5) is 5.69 Å². The van der Waals surface area contributed by atoms with Gasteiger partial charge in [-0.25, -0.2) is 0 Å². The van der Waals surface area contributed by atoms with E-state index >= 15 is 0 Å². The summed E-state index contributed by atoms with van der Waals surface area (Å²) in [7, 11) is 2.15. The molecule has 0 unspecified atom stereocenters. The van der Waals surface area contributed by atoms with Crippen molar-refractivity contribution in [2.24, 2.45) is 0 Å². The lowest BCUT2D eigenvalue weighted by Crippen LogP contribution is -2.44. The van der Waals surface area contributed by atoms with E-state index < -0.39 is 5.97 Å². The van der Waals surface area contributed by atoms with Crippen molar-refractivity contribution in [2.45, 2.75) is 19.8 Å². The standard InChI is InChI=1S/C15H22N2O2/c1-12-3-4-13(5-6-15(18)19)11-14(12)17-9-7-16(2)8-10-17/h3-4,11H,5-10H2,1-2H3,(H,18,19). The van der Waals surface area contributed by atoms with Gasteiger partial charge in [0.05, 0.1) is 0 Å². The van der Waals surface area contributed by atoms with E-state index in [1.54, 1.807) is 0 Å². The minimum atomic E-state index is -0.735. The molecule has 1 fully saturated rings. The first kappa shape index (κ1) is 13.9. The first-order valence-electron chi connectivity index (χ1n) is 6.81. The van der Waals surface area contributed by atoms with Gasteiger partial charge in [0.2, 0.25) is 0 Å². The Morgan fingerprint density at radius 3 is 2.58 bits per heavy atom. The first-order chi connectivity index (χ1) is 9.06. The van der Waals surface area contributed by atoms with Gasteiger partial charge in [-0.2, -0.15) is 0 Å². The van der Waals surface area contributed by atoms with E-state index in [2.05, 4.69) is 35.9 Å². The minimum Gasteiger partial charge on any atom is -0.481 e. The second-order valence-electron chi connectivity index (χ2n) is 5.30. The molecule has 4 nitrogen and oxygen atoms in total. The molecule has 0 bridgehead atoms. The zero-order chi connectivity index (χ0) is 13.8. The summed E-state index contributed by atoms with van der Waals surface area (Å²) in [5.41, 5.74) is 3.64. The number of nitrogens with zero attached hydrogens (tertiary/aromatic N) is 2. The molecule has 0 aliphatic carbocycles. The highest BCUT2D eigenvalue weighted by molar-refractivity contribution is 5.67. The maximum atomic E-state index is 10.6. The fraction of sp³-hybridized carbons (Fsp3) is 0.533. The molecule has 19 heavy (non-hydrogen) atoms. The fourth-order valence-corrected chi connectivity index (χ4v) is 2.45. The van der Waals surface area contributed by atoms with Gasteiger partial charge < -0.3 is 14.9 Å². The molecule has 1 aromatic carbocycles. The third-order valence-corrected chi connectivity index (χ3v) is 3.75. The van der Waals surface area contributed by atoms with Crippen molar-refractivity contribution in [1.29, 1.82) is 0 Å². The number of carbonyl (C=O) groups is 1. The highest BCUT2D eigenvalue weighted by atomic mass is 16.4. The molecule has 1 aliphatic heterocycles. The van der Waals surface area contributed by atoms with Crippen molar-refractivity contribution in [3.8, 4) is 0 Å². The summed E-state index contributed by atoms with van der Waals surface area (Å²) in [5, 5.41) is 8.76. The SMILES string of the molecule is Cc1ccc(CCC(=O)O)cc1N1CCN(C)CC1. The van der Waals surface area contributed by atoms with Crippen LogP contribution in [0.1, 0.15) is 17.5 Å². The molecule has 4 heteroatoms. The van der Waals surface area contributed by atoms with Crippen LogP contribution in [0.2, 0.25) is 0 Å². The van der Waals surface area contributed by atoms with Gasteiger partial charge in [0, 0.05) is 38.3 Å². The van der Waals surface area contributed by atoms with E-state index in [9.17, 15) is 4.79 Å². The molecule has 2 rings (SSSR count). The van der Waals surface area contributed by atoms with Crippen LogP contribution in [0.5, 0.6) is 0 Å². The van der Waals surface area contributed by atoms with Crippen LogP contribution < -0.4 is 4.90 Å². The Labute approximate surface area is 114 Å². The molecule has 0 aromatic heterocycles. The number of benzene rings is 1. The lowest BCUT2D eigenvalue weighted by Gasteiger charge is -2.35. The molecule has 0 radical (unpaired) electrons. The van der Waals surface area contributed by atoms with Crippen LogP contribution in [-0.4, -0.2) is 49.2 Å². The quantitative estimate of drug-likeness (QED) is 0.898. The average Bonchev–Trinajstić information content (AvgIpc) is 2.39. The van der Waals surface area contributed by atoms with Gasteiger partial charge in [0.1, 0.15) is 0 Å². The average molecular weight is 262 g/mol. The third-order valence-electron chi connectivity index (χ3n) is 3.75. The summed E-state index contributed by atoms with van der Waals surface area (Å²) >= 11 is 0. The molecular formula is C15H22N2O2. The van der Waals surface area contributed by atoms with Gasteiger partial charge in [-0.15, -0.1) is 0 Å². The lowest BCUT2D eigenvalue weighted by atomic mass is 10.0. The van der Waals surface area contributed by atoms with Crippen molar-refractivity contribution < 1.29 is 9.90 Å². The Kier molecular flexibility index (Phi) is 4.43. The summed E-state index contributed by atoms with van der Waals surface area (Å²) in [5.74, 6) is -0.735.